The van der Waals surface area contributed by atoms with Gasteiger partial charge in [-0.1, -0.05) is 13.8 Å². The van der Waals surface area contributed by atoms with Gasteiger partial charge in [0, 0.05) is 11.3 Å². The number of thiazole rings is 1. The first kappa shape index (κ1) is 17.6. The summed E-state index contributed by atoms with van der Waals surface area (Å²) in [5.41, 5.74) is 4.86. The Kier molecular flexibility index (Phi) is 5.99. The van der Waals surface area contributed by atoms with Crippen LogP contribution in [0.5, 0.6) is 0 Å². The molecule has 1 atom stereocenters. The third kappa shape index (κ3) is 5.13. The van der Waals surface area contributed by atoms with E-state index in [2.05, 4.69) is 15.6 Å². The van der Waals surface area contributed by atoms with E-state index in [0.717, 1.165) is 11.3 Å². The van der Waals surface area contributed by atoms with E-state index in [-0.39, 0.29) is 22.7 Å². The predicted octanol–water partition coefficient (Wildman–Crippen LogP) is -0.204. The van der Waals surface area contributed by atoms with Crippen molar-refractivity contribution < 1.29 is 24.3 Å². The highest BCUT2D eigenvalue weighted by Crippen LogP contribution is 2.16. The van der Waals surface area contributed by atoms with Crippen LogP contribution in [0.3, 0.4) is 0 Å². The molecule has 0 fully saturated rings. The molecule has 120 valence electrons. The molecule has 0 aliphatic heterocycles. The van der Waals surface area contributed by atoms with E-state index in [1.54, 1.807) is 13.8 Å². The predicted molar refractivity (Wildman–Crippen MR) is 78.3 cm³/mol. The third-order valence-electron chi connectivity index (χ3n) is 2.50. The number of rotatable bonds is 7. The van der Waals surface area contributed by atoms with Crippen molar-refractivity contribution in [2.75, 3.05) is 5.32 Å². The van der Waals surface area contributed by atoms with E-state index >= 15 is 0 Å². The fraction of sp³-hybridized carbons (Fsp3) is 0.417. The highest BCUT2D eigenvalue weighted by Gasteiger charge is 2.24. The summed E-state index contributed by atoms with van der Waals surface area (Å²) < 4.78 is 0. The zero-order valence-electron chi connectivity index (χ0n) is 12.0. The SMILES string of the molecule is CC(C)C(=O)Nc1nc(C(=O)NC(CC(N)=O)C(=O)O)cs1. The Balaban J connectivity index is 2.73. The van der Waals surface area contributed by atoms with Crippen molar-refractivity contribution >= 4 is 40.2 Å². The molecule has 1 rings (SSSR count). The van der Waals surface area contributed by atoms with E-state index < -0.39 is 30.2 Å². The topological polar surface area (TPSA) is 151 Å². The summed E-state index contributed by atoms with van der Waals surface area (Å²) in [6, 6.07) is -1.43. The molecule has 1 heterocycles. The second kappa shape index (κ2) is 7.50. The van der Waals surface area contributed by atoms with Gasteiger partial charge >= 0.3 is 5.97 Å². The number of aliphatic carboxylic acids is 1. The van der Waals surface area contributed by atoms with E-state index in [4.69, 9.17) is 10.8 Å². The van der Waals surface area contributed by atoms with Crippen molar-refractivity contribution in [2.45, 2.75) is 26.3 Å². The van der Waals surface area contributed by atoms with Gasteiger partial charge in [0.05, 0.1) is 6.42 Å². The van der Waals surface area contributed by atoms with Gasteiger partial charge in [-0.25, -0.2) is 9.78 Å². The van der Waals surface area contributed by atoms with Crippen LogP contribution in [0.1, 0.15) is 30.8 Å². The number of aromatic nitrogens is 1. The van der Waals surface area contributed by atoms with E-state index in [0.29, 0.717) is 0 Å². The molecule has 0 radical (unpaired) electrons. The number of carbonyl (C=O) groups excluding carboxylic acids is 3. The Morgan fingerprint density at radius 1 is 1.36 bits per heavy atom. The minimum absolute atomic E-state index is 0.0558. The zero-order valence-corrected chi connectivity index (χ0v) is 12.8. The molecule has 0 bridgehead atoms. The van der Waals surface area contributed by atoms with Crippen molar-refractivity contribution in [3.63, 3.8) is 0 Å². The lowest BCUT2D eigenvalue weighted by atomic mass is 10.2. The normalized spacial score (nSPS) is 11.8. The van der Waals surface area contributed by atoms with E-state index in [9.17, 15) is 19.2 Å². The minimum atomic E-state index is -1.43. The van der Waals surface area contributed by atoms with Crippen LogP contribution in [-0.4, -0.2) is 39.8 Å². The molecule has 0 spiro atoms. The van der Waals surface area contributed by atoms with Gasteiger partial charge < -0.3 is 21.5 Å². The molecular weight excluding hydrogens is 312 g/mol. The van der Waals surface area contributed by atoms with Crippen molar-refractivity contribution in [3.8, 4) is 0 Å². The number of carbonyl (C=O) groups is 4. The zero-order chi connectivity index (χ0) is 16.9. The molecule has 22 heavy (non-hydrogen) atoms. The quantitative estimate of drug-likeness (QED) is 0.544. The summed E-state index contributed by atoms with van der Waals surface area (Å²) in [6.45, 7) is 3.41. The van der Waals surface area contributed by atoms with Crippen LogP contribution in [0.2, 0.25) is 0 Å². The van der Waals surface area contributed by atoms with Crippen LogP contribution in [0.4, 0.5) is 5.13 Å². The Labute approximate surface area is 129 Å². The molecule has 0 aromatic carbocycles. The van der Waals surface area contributed by atoms with Gasteiger partial charge in [0.15, 0.2) is 5.13 Å². The van der Waals surface area contributed by atoms with Gasteiger partial charge in [0.2, 0.25) is 11.8 Å². The molecule has 0 aliphatic carbocycles. The molecule has 1 aromatic rings. The standard InChI is InChI=1S/C12H16N4O5S/c1-5(2)9(18)16-12-15-7(4-22-12)10(19)14-6(11(20)21)3-8(13)17/h4-6H,3H2,1-2H3,(H2,13,17)(H,14,19)(H,20,21)(H,15,16,18). The van der Waals surface area contributed by atoms with Crippen LogP contribution < -0.4 is 16.4 Å². The van der Waals surface area contributed by atoms with Crippen LogP contribution in [-0.2, 0) is 14.4 Å². The van der Waals surface area contributed by atoms with Crippen molar-refractivity contribution in [1.82, 2.24) is 10.3 Å². The number of nitrogens with two attached hydrogens (primary N) is 1. The maximum atomic E-state index is 11.9. The maximum Gasteiger partial charge on any atom is 0.326 e. The van der Waals surface area contributed by atoms with E-state index in [1.807, 2.05) is 0 Å². The lowest BCUT2D eigenvalue weighted by Crippen LogP contribution is -2.43. The van der Waals surface area contributed by atoms with Crippen LogP contribution in [0, 0.1) is 5.92 Å². The molecule has 3 amide bonds. The number of anilines is 1. The van der Waals surface area contributed by atoms with Gasteiger partial charge in [-0.3, -0.25) is 14.4 Å². The Morgan fingerprint density at radius 2 is 2.00 bits per heavy atom. The molecule has 5 N–H and O–H groups in total. The molecule has 10 heteroatoms. The average molecular weight is 328 g/mol. The number of nitrogens with zero attached hydrogens (tertiary/aromatic N) is 1. The number of carboxylic acid groups (broad SMARTS) is 1. The van der Waals surface area contributed by atoms with Crippen LogP contribution in [0.15, 0.2) is 5.38 Å². The van der Waals surface area contributed by atoms with E-state index in [1.165, 1.54) is 5.38 Å². The van der Waals surface area contributed by atoms with Gasteiger partial charge in [0.25, 0.3) is 5.91 Å². The first-order valence-electron chi connectivity index (χ1n) is 6.29. The lowest BCUT2D eigenvalue weighted by Gasteiger charge is -2.11. The molecule has 0 saturated carbocycles. The molecule has 1 aromatic heterocycles. The third-order valence-corrected chi connectivity index (χ3v) is 3.26. The Morgan fingerprint density at radius 3 is 2.50 bits per heavy atom. The molecular formula is C12H16N4O5S. The second-order valence-electron chi connectivity index (χ2n) is 4.72. The summed E-state index contributed by atoms with van der Waals surface area (Å²) in [6.07, 6.45) is -0.526. The smallest absolute Gasteiger partial charge is 0.326 e. The Hall–Kier alpha value is -2.49. The number of amides is 3. The number of carboxylic acids is 1. The maximum absolute atomic E-state index is 11.9. The van der Waals surface area contributed by atoms with Crippen LogP contribution >= 0.6 is 11.3 Å². The number of hydrogen-bond donors (Lipinski definition) is 4. The van der Waals surface area contributed by atoms with Crippen molar-refractivity contribution in [1.29, 1.82) is 0 Å². The summed E-state index contributed by atoms with van der Waals surface area (Å²) in [5.74, 6) is -3.49. The van der Waals surface area contributed by atoms with Crippen molar-refractivity contribution in [2.24, 2.45) is 11.7 Å². The Bertz CT molecular complexity index is 598. The number of primary amides is 1. The summed E-state index contributed by atoms with van der Waals surface area (Å²) >= 11 is 1.03. The first-order chi connectivity index (χ1) is 10.2. The van der Waals surface area contributed by atoms with Gasteiger partial charge in [0.1, 0.15) is 11.7 Å². The largest absolute Gasteiger partial charge is 0.480 e. The van der Waals surface area contributed by atoms with Crippen molar-refractivity contribution in [3.05, 3.63) is 11.1 Å². The highest BCUT2D eigenvalue weighted by molar-refractivity contribution is 7.14. The second-order valence-corrected chi connectivity index (χ2v) is 5.57. The lowest BCUT2D eigenvalue weighted by molar-refractivity contribution is -0.140. The van der Waals surface area contributed by atoms with Gasteiger partial charge in [-0.15, -0.1) is 11.3 Å². The fourth-order valence-electron chi connectivity index (χ4n) is 1.32. The molecule has 1 unspecified atom stereocenters. The van der Waals surface area contributed by atoms with Crippen LogP contribution in [0.25, 0.3) is 0 Å². The molecule has 0 aliphatic rings. The summed E-state index contributed by atoms with van der Waals surface area (Å²) in [5, 5.41) is 15.2. The monoisotopic (exact) mass is 328 g/mol. The van der Waals surface area contributed by atoms with Gasteiger partial charge in [-0.05, 0) is 0 Å². The average Bonchev–Trinajstić information content (AvgIpc) is 2.85. The van der Waals surface area contributed by atoms with Gasteiger partial charge in [-0.2, -0.15) is 0 Å². The number of nitrogens with one attached hydrogen (secondary N) is 2. The molecule has 0 saturated heterocycles. The highest BCUT2D eigenvalue weighted by atomic mass is 32.1. The summed E-state index contributed by atoms with van der Waals surface area (Å²) in [7, 11) is 0. The number of hydrogen-bond acceptors (Lipinski definition) is 6. The molecule has 9 nitrogen and oxygen atoms in total. The fourth-order valence-corrected chi connectivity index (χ4v) is 2.01. The first-order valence-corrected chi connectivity index (χ1v) is 7.17. The minimum Gasteiger partial charge on any atom is -0.480 e. The summed E-state index contributed by atoms with van der Waals surface area (Å²) in [4.78, 5) is 49.0.